The number of ketones is 2. The van der Waals surface area contributed by atoms with Crippen molar-refractivity contribution in [1.29, 1.82) is 0 Å². The van der Waals surface area contributed by atoms with Crippen LogP contribution in [-0.4, -0.2) is 28.1 Å². The Kier molecular flexibility index (Phi) is 4.71. The summed E-state index contributed by atoms with van der Waals surface area (Å²) in [5.41, 5.74) is -0.0937. The molecule has 0 bridgehead atoms. The normalized spacial score (nSPS) is 53.6. The van der Waals surface area contributed by atoms with Gasteiger partial charge in [0, 0.05) is 18.3 Å². The highest BCUT2D eigenvalue weighted by atomic mass is 79.9. The van der Waals surface area contributed by atoms with E-state index in [0.717, 1.165) is 38.5 Å². The van der Waals surface area contributed by atoms with Crippen LogP contribution in [-0.2, 0) is 9.59 Å². The van der Waals surface area contributed by atoms with Crippen LogP contribution in [0.2, 0.25) is 0 Å². The van der Waals surface area contributed by atoms with E-state index in [1.807, 2.05) is 0 Å². The molecule has 0 amide bonds. The third kappa shape index (κ3) is 2.53. The Balaban J connectivity index is 1.67. The van der Waals surface area contributed by atoms with Gasteiger partial charge in [-0.3, -0.25) is 9.59 Å². The van der Waals surface area contributed by atoms with Gasteiger partial charge in [-0.15, -0.1) is 0 Å². The zero-order chi connectivity index (χ0) is 18.9. The molecule has 4 saturated carbocycles. The van der Waals surface area contributed by atoms with E-state index < -0.39 is 0 Å². The van der Waals surface area contributed by atoms with Crippen molar-refractivity contribution in [3.05, 3.63) is 0 Å². The number of aliphatic hydroxyl groups is 1. The molecule has 0 spiro atoms. The highest BCUT2D eigenvalue weighted by molar-refractivity contribution is 9.09. The molecule has 1 N–H and O–H groups in total. The maximum atomic E-state index is 13.5. The summed E-state index contributed by atoms with van der Waals surface area (Å²) in [5, 5.41) is 10.8. The first-order valence-electron chi connectivity index (χ1n) is 10.5. The lowest BCUT2D eigenvalue weighted by Crippen LogP contribution is -2.59. The number of carbonyl (C=O) groups excluding carboxylic acids is 2. The topological polar surface area (TPSA) is 54.4 Å². The van der Waals surface area contributed by atoms with Crippen LogP contribution in [0.25, 0.3) is 0 Å². The van der Waals surface area contributed by atoms with Crippen molar-refractivity contribution < 1.29 is 14.7 Å². The highest BCUT2D eigenvalue weighted by Gasteiger charge is 2.64. The molecule has 4 rings (SSSR count). The maximum Gasteiger partial charge on any atom is 0.147 e. The molecule has 0 unspecified atom stereocenters. The first-order valence-corrected chi connectivity index (χ1v) is 11.6. The summed E-state index contributed by atoms with van der Waals surface area (Å²) in [6.07, 6.45) is 6.51. The number of rotatable bonds is 2. The molecule has 0 radical (unpaired) electrons. The summed E-state index contributed by atoms with van der Waals surface area (Å²) in [5.74, 6) is 2.61. The summed E-state index contributed by atoms with van der Waals surface area (Å²) in [6.45, 7) is 6.71. The quantitative estimate of drug-likeness (QED) is 0.668. The van der Waals surface area contributed by atoms with Crippen molar-refractivity contribution in [1.82, 2.24) is 0 Å². The van der Waals surface area contributed by atoms with Crippen molar-refractivity contribution >= 4 is 27.5 Å². The van der Waals surface area contributed by atoms with Crippen LogP contribution in [0.4, 0.5) is 0 Å². The Bertz CT molecular complexity index is 619. The van der Waals surface area contributed by atoms with Crippen LogP contribution in [0, 0.1) is 46.3 Å². The van der Waals surface area contributed by atoms with E-state index in [2.05, 4.69) is 36.7 Å². The van der Waals surface area contributed by atoms with Crippen molar-refractivity contribution in [3.8, 4) is 0 Å². The van der Waals surface area contributed by atoms with Gasteiger partial charge >= 0.3 is 0 Å². The van der Waals surface area contributed by atoms with Crippen LogP contribution in [0.3, 0.4) is 0 Å². The maximum absolute atomic E-state index is 13.5. The fourth-order valence-electron chi connectivity index (χ4n) is 8.04. The third-order valence-corrected chi connectivity index (χ3v) is 9.77. The number of alkyl halides is 1. The second kappa shape index (κ2) is 6.40. The van der Waals surface area contributed by atoms with Gasteiger partial charge in [0.25, 0.3) is 0 Å². The van der Waals surface area contributed by atoms with Gasteiger partial charge in [-0.2, -0.15) is 0 Å². The second-order valence-electron chi connectivity index (χ2n) is 10.4. The molecule has 4 aliphatic carbocycles. The number of hydrogen-bond donors (Lipinski definition) is 1. The number of aliphatic hydroxyl groups excluding tert-OH is 1. The molecule has 146 valence electrons. The van der Waals surface area contributed by atoms with Crippen molar-refractivity contribution in [3.63, 3.8) is 0 Å². The lowest BCUT2D eigenvalue weighted by atomic mass is 9.43. The van der Waals surface area contributed by atoms with Crippen LogP contribution >= 0.6 is 15.9 Å². The third-order valence-electron chi connectivity index (χ3n) is 9.21. The van der Waals surface area contributed by atoms with Gasteiger partial charge in [0.05, 0.1) is 11.4 Å². The zero-order valence-electron chi connectivity index (χ0n) is 16.3. The lowest BCUT2D eigenvalue weighted by Gasteiger charge is -2.60. The fourth-order valence-corrected chi connectivity index (χ4v) is 8.43. The van der Waals surface area contributed by atoms with Gasteiger partial charge < -0.3 is 5.11 Å². The van der Waals surface area contributed by atoms with E-state index in [1.165, 1.54) is 0 Å². The van der Waals surface area contributed by atoms with Crippen LogP contribution < -0.4 is 0 Å². The number of Topliss-reactive ketones (excluding diaryl/α,β-unsaturated/α-hetero) is 2. The van der Waals surface area contributed by atoms with E-state index in [1.54, 1.807) is 0 Å². The molecule has 4 heteroatoms. The summed E-state index contributed by atoms with van der Waals surface area (Å²) in [6, 6.07) is 0. The van der Waals surface area contributed by atoms with Gasteiger partial charge in [-0.1, -0.05) is 36.7 Å². The summed E-state index contributed by atoms with van der Waals surface area (Å²) < 4.78 is 0. The van der Waals surface area contributed by atoms with E-state index in [9.17, 15) is 14.7 Å². The Morgan fingerprint density at radius 2 is 1.92 bits per heavy atom. The molecular formula is C22H33BrO3. The van der Waals surface area contributed by atoms with Gasteiger partial charge in [0.2, 0.25) is 0 Å². The van der Waals surface area contributed by atoms with E-state index in [-0.39, 0.29) is 40.5 Å². The average Bonchev–Trinajstić information content (AvgIpc) is 2.91. The molecule has 0 aromatic rings. The predicted octanol–water partition coefficient (Wildman–Crippen LogP) is 4.40. The second-order valence-corrected chi connectivity index (χ2v) is 11.0. The van der Waals surface area contributed by atoms with Gasteiger partial charge in [0.15, 0.2) is 0 Å². The van der Waals surface area contributed by atoms with E-state index >= 15 is 0 Å². The molecule has 0 aromatic carbocycles. The standard InChI is InChI=1S/C22H33BrO3/c1-12-9-21(2)13(8-17(12)24)4-5-14-15-6-7-16(19(26)11-23)22(15,3)10-18(25)20(14)21/h12-17,20,24H,4-11H2,1-3H3/t12-,13+,14+,15+,16-,17+,20-,21+,22+/m1/s1. The van der Waals surface area contributed by atoms with Gasteiger partial charge in [0.1, 0.15) is 11.6 Å². The van der Waals surface area contributed by atoms with Crippen LogP contribution in [0.1, 0.15) is 65.7 Å². The van der Waals surface area contributed by atoms with Gasteiger partial charge in [-0.25, -0.2) is 0 Å². The Hall–Kier alpha value is -0.220. The van der Waals surface area contributed by atoms with Gasteiger partial charge in [-0.05, 0) is 73.0 Å². The minimum absolute atomic E-state index is 0.0392. The minimum atomic E-state index is -0.207. The molecular weight excluding hydrogens is 392 g/mol. The zero-order valence-corrected chi connectivity index (χ0v) is 17.9. The smallest absolute Gasteiger partial charge is 0.147 e. The molecule has 4 fully saturated rings. The fraction of sp³-hybridized carbons (Fsp3) is 0.909. The van der Waals surface area contributed by atoms with E-state index in [0.29, 0.717) is 35.3 Å². The number of fused-ring (bicyclic) bond motifs is 5. The van der Waals surface area contributed by atoms with Crippen molar-refractivity contribution in [2.75, 3.05) is 5.33 Å². The first-order chi connectivity index (χ1) is 12.2. The first kappa shape index (κ1) is 19.1. The average molecular weight is 425 g/mol. The number of carbonyl (C=O) groups is 2. The molecule has 0 heterocycles. The molecule has 3 nitrogen and oxygen atoms in total. The molecule has 0 aliphatic heterocycles. The minimum Gasteiger partial charge on any atom is -0.393 e. The van der Waals surface area contributed by atoms with Crippen molar-refractivity contribution in [2.45, 2.75) is 71.8 Å². The summed E-state index contributed by atoms with van der Waals surface area (Å²) in [7, 11) is 0. The largest absolute Gasteiger partial charge is 0.393 e. The molecule has 4 aliphatic rings. The monoisotopic (exact) mass is 424 g/mol. The predicted molar refractivity (Wildman–Crippen MR) is 105 cm³/mol. The summed E-state index contributed by atoms with van der Waals surface area (Å²) in [4.78, 5) is 26.0. The Labute approximate surface area is 165 Å². The molecule has 9 atom stereocenters. The Morgan fingerprint density at radius 1 is 1.19 bits per heavy atom. The molecule has 26 heavy (non-hydrogen) atoms. The SMILES string of the molecule is C[C@@H]1C[C@@]2(C)[C@@H](CC[C@H]3[C@@H]4CC[C@H](C(=O)CBr)[C@@]4(C)CC(=O)[C@@H]32)C[C@@H]1O. The summed E-state index contributed by atoms with van der Waals surface area (Å²) >= 11 is 3.36. The Morgan fingerprint density at radius 3 is 2.62 bits per heavy atom. The number of hydrogen-bond acceptors (Lipinski definition) is 3. The lowest BCUT2D eigenvalue weighted by molar-refractivity contribution is -0.166. The van der Waals surface area contributed by atoms with Crippen LogP contribution in [0.5, 0.6) is 0 Å². The molecule has 0 aromatic heterocycles. The number of halogens is 1. The van der Waals surface area contributed by atoms with E-state index in [4.69, 9.17) is 0 Å². The molecule has 0 saturated heterocycles. The highest BCUT2D eigenvalue weighted by Crippen LogP contribution is 2.66. The van der Waals surface area contributed by atoms with Crippen LogP contribution in [0.15, 0.2) is 0 Å². The van der Waals surface area contributed by atoms with Crippen molar-refractivity contribution in [2.24, 2.45) is 46.3 Å².